The second-order valence-electron chi connectivity index (χ2n) is 5.70. The van der Waals surface area contributed by atoms with Crippen LogP contribution >= 0.6 is 11.8 Å². The van der Waals surface area contributed by atoms with Gasteiger partial charge in [0.1, 0.15) is 0 Å². The Kier molecular flexibility index (Phi) is 6.58. The number of amides is 2. The number of phenolic OH excluding ortho intramolecular Hbond substituents is 2. The van der Waals surface area contributed by atoms with E-state index in [-0.39, 0.29) is 10.5 Å². The molecular weight excluding hydrogens is 362 g/mol. The molecule has 0 radical (unpaired) electrons. The molecular formula is C16H19N3O6S. The molecule has 0 aliphatic carbocycles. The van der Waals surface area contributed by atoms with Crippen LogP contribution in [0.3, 0.4) is 0 Å². The number of carbonyl (C=O) groups is 2. The van der Waals surface area contributed by atoms with Crippen LogP contribution in [-0.2, 0) is 4.79 Å². The number of hydrogen-bond donors (Lipinski definition) is 3. The second kappa shape index (κ2) is 8.68. The average molecular weight is 381 g/mol. The number of phenols is 2. The monoisotopic (exact) mass is 381 g/mol. The molecule has 0 aromatic heterocycles. The maximum atomic E-state index is 12.4. The minimum absolute atomic E-state index is 0.108. The lowest BCUT2D eigenvalue weighted by Gasteiger charge is -2.11. The van der Waals surface area contributed by atoms with E-state index < -0.39 is 33.3 Å². The number of benzene rings is 1. The van der Waals surface area contributed by atoms with Gasteiger partial charge in [0.15, 0.2) is 5.75 Å². The zero-order chi connectivity index (χ0) is 19.3. The first-order valence-corrected chi connectivity index (χ1v) is 8.82. The number of unbranched alkanes of at least 4 members (excludes halogenated alkanes) is 3. The summed E-state index contributed by atoms with van der Waals surface area (Å²) < 4.78 is 0. The molecule has 2 amide bonds. The number of aromatic hydroxyl groups is 2. The average Bonchev–Trinajstić information content (AvgIpc) is 2.84. The molecule has 0 unspecified atom stereocenters. The Hall–Kier alpha value is -2.59. The molecule has 9 nitrogen and oxygen atoms in total. The Bertz CT molecular complexity index is 765. The smallest absolute Gasteiger partial charge is 0.315 e. The van der Waals surface area contributed by atoms with Gasteiger partial charge in [0.2, 0.25) is 5.75 Å². The summed E-state index contributed by atoms with van der Waals surface area (Å²) in [6.45, 7) is 0.906. The summed E-state index contributed by atoms with van der Waals surface area (Å²) in [5.41, 5.74) is 4.87. The summed E-state index contributed by atoms with van der Waals surface area (Å²) in [7, 11) is 0. The molecule has 0 spiro atoms. The molecule has 1 aromatic rings. The minimum atomic E-state index is -0.849. The quantitative estimate of drug-likeness (QED) is 0.205. The number of nitrogens with two attached hydrogens (primary N) is 1. The van der Waals surface area contributed by atoms with Crippen molar-refractivity contribution in [3.63, 3.8) is 0 Å². The SMILES string of the molecule is NCCCCCCN1C(=O)S/C(=C\c2cc(O)c(O)c([N+](=O)[O-])c2)C1=O. The molecule has 0 bridgehead atoms. The molecule has 26 heavy (non-hydrogen) atoms. The first kappa shape index (κ1) is 19.7. The highest BCUT2D eigenvalue weighted by atomic mass is 32.2. The lowest BCUT2D eigenvalue weighted by Crippen LogP contribution is -2.29. The van der Waals surface area contributed by atoms with Crippen molar-refractivity contribution in [3.8, 4) is 11.5 Å². The number of nitrogens with zero attached hydrogens (tertiary/aromatic N) is 2. The Morgan fingerprint density at radius 3 is 2.54 bits per heavy atom. The first-order valence-electron chi connectivity index (χ1n) is 8.01. The summed E-state index contributed by atoms with van der Waals surface area (Å²) in [6.07, 6.45) is 4.64. The highest BCUT2D eigenvalue weighted by Crippen LogP contribution is 2.38. The van der Waals surface area contributed by atoms with Gasteiger partial charge >= 0.3 is 5.69 Å². The summed E-state index contributed by atoms with van der Waals surface area (Å²) in [5.74, 6) is -2.00. The fourth-order valence-corrected chi connectivity index (χ4v) is 3.32. The van der Waals surface area contributed by atoms with E-state index in [0.717, 1.165) is 48.1 Å². The van der Waals surface area contributed by atoms with Crippen molar-refractivity contribution in [1.29, 1.82) is 0 Å². The fourth-order valence-electron chi connectivity index (χ4n) is 2.46. The van der Waals surface area contributed by atoms with Gasteiger partial charge < -0.3 is 15.9 Å². The minimum Gasteiger partial charge on any atom is -0.504 e. The number of nitro benzene ring substituents is 1. The van der Waals surface area contributed by atoms with Crippen LogP contribution in [-0.4, -0.2) is 44.3 Å². The van der Waals surface area contributed by atoms with Crippen LogP contribution in [0.4, 0.5) is 10.5 Å². The molecule has 1 aliphatic rings. The van der Waals surface area contributed by atoms with Crippen LogP contribution in [0.25, 0.3) is 6.08 Å². The van der Waals surface area contributed by atoms with E-state index in [1.54, 1.807) is 0 Å². The van der Waals surface area contributed by atoms with Gasteiger partial charge in [-0.1, -0.05) is 12.8 Å². The maximum absolute atomic E-state index is 12.4. The molecule has 1 fully saturated rings. The Morgan fingerprint density at radius 2 is 1.88 bits per heavy atom. The van der Waals surface area contributed by atoms with Crippen molar-refractivity contribution in [3.05, 3.63) is 32.7 Å². The lowest BCUT2D eigenvalue weighted by atomic mass is 10.1. The van der Waals surface area contributed by atoms with Crippen LogP contribution in [0.1, 0.15) is 31.2 Å². The van der Waals surface area contributed by atoms with Gasteiger partial charge in [-0.15, -0.1) is 0 Å². The summed E-state index contributed by atoms with van der Waals surface area (Å²) >= 11 is 0.734. The molecule has 10 heteroatoms. The van der Waals surface area contributed by atoms with E-state index in [1.165, 1.54) is 6.08 Å². The normalized spacial score (nSPS) is 15.9. The van der Waals surface area contributed by atoms with E-state index in [4.69, 9.17) is 5.73 Å². The molecule has 1 heterocycles. The van der Waals surface area contributed by atoms with E-state index >= 15 is 0 Å². The highest BCUT2D eigenvalue weighted by molar-refractivity contribution is 8.18. The topological polar surface area (TPSA) is 147 Å². The molecule has 0 saturated carbocycles. The molecule has 0 atom stereocenters. The third-order valence-corrected chi connectivity index (χ3v) is 4.70. The standard InChI is InChI=1S/C16H19N3O6S/c17-5-3-1-2-4-6-18-15(22)13(26-16(18)23)9-10-7-11(19(24)25)14(21)12(20)8-10/h7-9,20-21H,1-6,17H2/b13-9-. The van der Waals surface area contributed by atoms with E-state index in [1.807, 2.05) is 0 Å². The number of imide groups is 1. The molecule has 2 rings (SSSR count). The molecule has 140 valence electrons. The predicted molar refractivity (Wildman–Crippen MR) is 96.6 cm³/mol. The molecule has 1 aliphatic heterocycles. The maximum Gasteiger partial charge on any atom is 0.315 e. The van der Waals surface area contributed by atoms with E-state index in [0.29, 0.717) is 19.5 Å². The molecule has 4 N–H and O–H groups in total. The summed E-state index contributed by atoms with van der Waals surface area (Å²) in [4.78, 5) is 35.7. The first-order chi connectivity index (χ1) is 12.3. The van der Waals surface area contributed by atoms with Crippen molar-refractivity contribution in [2.75, 3.05) is 13.1 Å². The van der Waals surface area contributed by atoms with Gasteiger partial charge in [-0.05, 0) is 48.9 Å². The third-order valence-electron chi connectivity index (χ3n) is 3.80. The Balaban J connectivity index is 2.13. The number of hydrogen-bond acceptors (Lipinski definition) is 8. The van der Waals surface area contributed by atoms with Crippen molar-refractivity contribution in [2.45, 2.75) is 25.7 Å². The number of carbonyl (C=O) groups excluding carboxylic acids is 2. The molecule has 1 aromatic carbocycles. The van der Waals surface area contributed by atoms with E-state index in [9.17, 15) is 29.9 Å². The predicted octanol–water partition coefficient (Wildman–Crippen LogP) is 2.56. The number of nitro groups is 1. The number of rotatable bonds is 8. The van der Waals surface area contributed by atoms with Gasteiger partial charge in [0.25, 0.3) is 11.1 Å². The van der Waals surface area contributed by atoms with Crippen LogP contribution in [0.15, 0.2) is 17.0 Å². The Labute approximate surface area is 153 Å². The van der Waals surface area contributed by atoms with Gasteiger partial charge in [-0.3, -0.25) is 24.6 Å². The van der Waals surface area contributed by atoms with Crippen LogP contribution in [0.5, 0.6) is 11.5 Å². The van der Waals surface area contributed by atoms with Crippen molar-refractivity contribution in [1.82, 2.24) is 4.90 Å². The van der Waals surface area contributed by atoms with Crippen LogP contribution in [0, 0.1) is 10.1 Å². The van der Waals surface area contributed by atoms with Gasteiger partial charge in [0, 0.05) is 12.6 Å². The van der Waals surface area contributed by atoms with Gasteiger partial charge in [0.05, 0.1) is 9.83 Å². The number of thioether (sulfide) groups is 1. The second-order valence-corrected chi connectivity index (χ2v) is 6.69. The van der Waals surface area contributed by atoms with Crippen molar-refractivity contribution < 1.29 is 24.7 Å². The highest BCUT2D eigenvalue weighted by Gasteiger charge is 2.34. The Morgan fingerprint density at radius 1 is 1.19 bits per heavy atom. The zero-order valence-electron chi connectivity index (χ0n) is 13.9. The van der Waals surface area contributed by atoms with Gasteiger partial charge in [-0.25, -0.2) is 0 Å². The van der Waals surface area contributed by atoms with Gasteiger partial charge in [-0.2, -0.15) is 0 Å². The lowest BCUT2D eigenvalue weighted by molar-refractivity contribution is -0.386. The van der Waals surface area contributed by atoms with Crippen molar-refractivity contribution >= 4 is 34.7 Å². The molecule has 1 saturated heterocycles. The van der Waals surface area contributed by atoms with Crippen LogP contribution < -0.4 is 5.73 Å². The third kappa shape index (κ3) is 4.52. The van der Waals surface area contributed by atoms with E-state index in [2.05, 4.69) is 0 Å². The van der Waals surface area contributed by atoms with Crippen molar-refractivity contribution in [2.24, 2.45) is 5.73 Å². The summed E-state index contributed by atoms with van der Waals surface area (Å²) in [6, 6.07) is 2.11. The summed E-state index contributed by atoms with van der Waals surface area (Å²) in [5, 5.41) is 29.6. The largest absolute Gasteiger partial charge is 0.504 e. The fraction of sp³-hybridized carbons (Fsp3) is 0.375. The van der Waals surface area contributed by atoms with Crippen LogP contribution in [0.2, 0.25) is 0 Å². The zero-order valence-corrected chi connectivity index (χ0v) is 14.7.